The summed E-state index contributed by atoms with van der Waals surface area (Å²) >= 11 is 1.97. The summed E-state index contributed by atoms with van der Waals surface area (Å²) < 4.78 is 5.63. The van der Waals surface area contributed by atoms with Crippen molar-refractivity contribution in [3.05, 3.63) is 0 Å². The predicted octanol–water partition coefficient (Wildman–Crippen LogP) is 0.684. The van der Waals surface area contributed by atoms with Gasteiger partial charge in [-0.1, -0.05) is 0 Å². The van der Waals surface area contributed by atoms with E-state index in [1.807, 2.05) is 11.8 Å². The molecule has 2 saturated heterocycles. The second-order valence-electron chi connectivity index (χ2n) is 6.03. The molecule has 0 aliphatic carbocycles. The fraction of sp³-hybridized carbons (Fsp3) is 0.867. The lowest BCUT2D eigenvalue weighted by Gasteiger charge is -2.25. The molecule has 0 radical (unpaired) electrons. The summed E-state index contributed by atoms with van der Waals surface area (Å²) in [7, 11) is 3.51. The fourth-order valence-electron chi connectivity index (χ4n) is 2.50. The number of carbonyl (C=O) groups is 1. The van der Waals surface area contributed by atoms with Gasteiger partial charge in [-0.3, -0.25) is 4.79 Å². The molecule has 0 aromatic heterocycles. The highest BCUT2D eigenvalue weighted by molar-refractivity contribution is 7.99. The third-order valence-electron chi connectivity index (χ3n) is 3.89. The molecule has 0 spiro atoms. The van der Waals surface area contributed by atoms with Crippen LogP contribution in [0.4, 0.5) is 0 Å². The minimum Gasteiger partial charge on any atom is -0.376 e. The van der Waals surface area contributed by atoms with Gasteiger partial charge >= 0.3 is 0 Å². The van der Waals surface area contributed by atoms with E-state index in [4.69, 9.17) is 4.74 Å². The number of hydrogen-bond donors (Lipinski definition) is 2. The van der Waals surface area contributed by atoms with E-state index in [1.54, 1.807) is 19.0 Å². The van der Waals surface area contributed by atoms with Gasteiger partial charge < -0.3 is 20.3 Å². The Kier molecular flexibility index (Phi) is 7.32. The summed E-state index contributed by atoms with van der Waals surface area (Å²) in [6, 6.07) is 0.434. The molecule has 2 rings (SSSR count). The third-order valence-corrected chi connectivity index (χ3v) is 5.11. The zero-order chi connectivity index (χ0) is 15.8. The molecule has 2 heterocycles. The van der Waals surface area contributed by atoms with Crippen LogP contribution in [-0.4, -0.2) is 74.2 Å². The van der Waals surface area contributed by atoms with Crippen LogP contribution in [0.3, 0.4) is 0 Å². The van der Waals surface area contributed by atoms with E-state index in [0.29, 0.717) is 6.04 Å². The van der Waals surface area contributed by atoms with Crippen LogP contribution in [0.15, 0.2) is 4.99 Å². The smallest absolute Gasteiger partial charge is 0.243 e. The van der Waals surface area contributed by atoms with Crippen molar-refractivity contribution in [1.29, 1.82) is 0 Å². The van der Waals surface area contributed by atoms with Crippen molar-refractivity contribution < 1.29 is 9.53 Å². The molecule has 2 N–H and O–H groups in total. The normalized spacial score (nSPS) is 25.8. The molecule has 0 bridgehead atoms. The number of likely N-dealkylation sites (N-methyl/N-ethyl adjacent to an activating group) is 1. The molecule has 0 saturated carbocycles. The number of hydrogen-bond acceptors (Lipinski definition) is 4. The van der Waals surface area contributed by atoms with Gasteiger partial charge in [0, 0.05) is 39.0 Å². The van der Waals surface area contributed by atoms with E-state index in [9.17, 15) is 4.79 Å². The van der Waals surface area contributed by atoms with E-state index in [2.05, 4.69) is 15.6 Å². The lowest BCUT2D eigenvalue weighted by Crippen LogP contribution is -2.47. The van der Waals surface area contributed by atoms with E-state index in [-0.39, 0.29) is 18.6 Å². The van der Waals surface area contributed by atoms with Gasteiger partial charge in [-0.05, 0) is 31.4 Å². The largest absolute Gasteiger partial charge is 0.376 e. The van der Waals surface area contributed by atoms with Crippen molar-refractivity contribution in [1.82, 2.24) is 15.5 Å². The van der Waals surface area contributed by atoms with Crippen LogP contribution in [0, 0.1) is 0 Å². The van der Waals surface area contributed by atoms with Crippen molar-refractivity contribution in [3.63, 3.8) is 0 Å². The Morgan fingerprint density at radius 3 is 2.86 bits per heavy atom. The van der Waals surface area contributed by atoms with Crippen LogP contribution in [0.25, 0.3) is 0 Å². The average molecular weight is 328 g/mol. The van der Waals surface area contributed by atoms with Crippen LogP contribution in [-0.2, 0) is 9.53 Å². The molecule has 2 aliphatic rings. The summed E-state index contributed by atoms with van der Waals surface area (Å²) in [4.78, 5) is 17.7. The Hall–Kier alpha value is -0.950. The van der Waals surface area contributed by atoms with Crippen LogP contribution in [0.2, 0.25) is 0 Å². The number of ether oxygens (including phenoxy) is 1. The Morgan fingerprint density at radius 2 is 2.23 bits per heavy atom. The van der Waals surface area contributed by atoms with E-state index in [0.717, 1.165) is 44.1 Å². The van der Waals surface area contributed by atoms with Crippen molar-refractivity contribution in [2.24, 2.45) is 4.99 Å². The summed E-state index contributed by atoms with van der Waals surface area (Å²) in [5, 5.41) is 6.80. The lowest BCUT2D eigenvalue weighted by molar-refractivity contribution is -0.127. The van der Waals surface area contributed by atoms with E-state index >= 15 is 0 Å². The molecule has 7 heteroatoms. The number of aliphatic imine (C=N–C) groups is 1. The summed E-state index contributed by atoms with van der Waals surface area (Å²) in [5.74, 6) is 3.09. The number of guanidine groups is 1. The van der Waals surface area contributed by atoms with Crippen LogP contribution in [0.1, 0.15) is 25.7 Å². The summed E-state index contributed by atoms with van der Waals surface area (Å²) in [6.07, 6.45) is 4.88. The van der Waals surface area contributed by atoms with Gasteiger partial charge in [0.05, 0.1) is 6.10 Å². The SMILES string of the molecule is CN(C)C(=O)CN=C(NCC1CCCO1)NC1CCCSC1. The maximum absolute atomic E-state index is 11.7. The highest BCUT2D eigenvalue weighted by Gasteiger charge is 2.18. The first-order valence-corrected chi connectivity index (χ1v) is 9.25. The average Bonchev–Trinajstić information content (AvgIpc) is 3.04. The minimum absolute atomic E-state index is 0.0104. The Labute approximate surface area is 137 Å². The number of rotatable bonds is 5. The quantitative estimate of drug-likeness (QED) is 0.574. The Bertz CT molecular complexity index is 378. The number of thioether (sulfide) groups is 1. The number of nitrogens with one attached hydrogen (secondary N) is 2. The molecular weight excluding hydrogens is 300 g/mol. The second kappa shape index (κ2) is 9.25. The van der Waals surface area contributed by atoms with Gasteiger partial charge in [0.25, 0.3) is 0 Å². The third kappa shape index (κ3) is 6.04. The van der Waals surface area contributed by atoms with Gasteiger partial charge in [-0.25, -0.2) is 4.99 Å². The molecule has 0 aromatic carbocycles. The molecule has 2 aliphatic heterocycles. The monoisotopic (exact) mass is 328 g/mol. The molecule has 2 atom stereocenters. The molecule has 1 amide bonds. The van der Waals surface area contributed by atoms with E-state index in [1.165, 1.54) is 12.2 Å². The van der Waals surface area contributed by atoms with Gasteiger partial charge in [-0.15, -0.1) is 0 Å². The lowest BCUT2D eigenvalue weighted by atomic mass is 10.2. The highest BCUT2D eigenvalue weighted by atomic mass is 32.2. The van der Waals surface area contributed by atoms with Crippen molar-refractivity contribution >= 4 is 23.6 Å². The second-order valence-corrected chi connectivity index (χ2v) is 7.18. The van der Waals surface area contributed by atoms with Gasteiger partial charge in [0.2, 0.25) is 5.91 Å². The highest BCUT2D eigenvalue weighted by Crippen LogP contribution is 2.16. The Balaban J connectivity index is 1.86. The Morgan fingerprint density at radius 1 is 1.36 bits per heavy atom. The summed E-state index contributed by atoms with van der Waals surface area (Å²) in [6.45, 7) is 1.78. The topological polar surface area (TPSA) is 66.0 Å². The van der Waals surface area contributed by atoms with Crippen LogP contribution in [0.5, 0.6) is 0 Å². The van der Waals surface area contributed by atoms with Crippen LogP contribution < -0.4 is 10.6 Å². The predicted molar refractivity (Wildman–Crippen MR) is 91.5 cm³/mol. The van der Waals surface area contributed by atoms with Gasteiger partial charge in [-0.2, -0.15) is 11.8 Å². The van der Waals surface area contributed by atoms with Crippen LogP contribution >= 0.6 is 11.8 Å². The summed E-state index contributed by atoms with van der Waals surface area (Å²) in [5.41, 5.74) is 0. The molecule has 2 unspecified atom stereocenters. The fourth-order valence-corrected chi connectivity index (χ4v) is 3.58. The minimum atomic E-state index is 0.0104. The number of carbonyl (C=O) groups excluding carboxylic acids is 1. The number of nitrogens with zero attached hydrogens (tertiary/aromatic N) is 2. The molecule has 22 heavy (non-hydrogen) atoms. The zero-order valence-corrected chi connectivity index (χ0v) is 14.5. The van der Waals surface area contributed by atoms with Gasteiger partial charge in [0.15, 0.2) is 5.96 Å². The first-order valence-electron chi connectivity index (χ1n) is 8.09. The maximum atomic E-state index is 11.7. The standard InChI is InChI=1S/C15H28N4O2S/c1-19(2)14(20)10-17-15(16-9-13-6-3-7-21-13)18-12-5-4-8-22-11-12/h12-13H,3-11H2,1-2H3,(H2,16,17,18). The molecule has 6 nitrogen and oxygen atoms in total. The first-order chi connectivity index (χ1) is 10.6. The molecule has 126 valence electrons. The molecule has 0 aromatic rings. The van der Waals surface area contributed by atoms with Crippen molar-refractivity contribution in [3.8, 4) is 0 Å². The molecule has 2 fully saturated rings. The van der Waals surface area contributed by atoms with Gasteiger partial charge in [0.1, 0.15) is 6.54 Å². The maximum Gasteiger partial charge on any atom is 0.243 e. The zero-order valence-electron chi connectivity index (χ0n) is 13.6. The van der Waals surface area contributed by atoms with E-state index < -0.39 is 0 Å². The van der Waals surface area contributed by atoms with Crippen molar-refractivity contribution in [2.45, 2.75) is 37.8 Å². The first kappa shape index (κ1) is 17.4. The molecular formula is C15H28N4O2S. The van der Waals surface area contributed by atoms with Crippen molar-refractivity contribution in [2.75, 3.05) is 45.3 Å². The number of amides is 1.